The van der Waals surface area contributed by atoms with E-state index in [4.69, 9.17) is 9.47 Å². The minimum atomic E-state index is -1.10. The van der Waals surface area contributed by atoms with Gasteiger partial charge in [0.1, 0.15) is 17.8 Å². The van der Waals surface area contributed by atoms with Crippen molar-refractivity contribution < 1.29 is 23.9 Å². The standard InChI is InChI=1S/C30H30N2O5/c1-19-17-22-18-21(9-10-25(22)37-19)28(33)26-27(24-8-4-6-20-5-2-3-7-23(20)24)32(30(35)29(26)34)12-11-31-13-15-36-16-14-31/h2-10,18-19,26-27H,11-17H2,1H3. The molecule has 7 heteroatoms. The van der Waals surface area contributed by atoms with Crippen LogP contribution >= 0.6 is 0 Å². The molecule has 3 atom stereocenters. The maximum atomic E-state index is 14.0. The molecule has 0 spiro atoms. The first-order valence-corrected chi connectivity index (χ1v) is 13.0. The highest BCUT2D eigenvalue weighted by molar-refractivity contribution is 6.44. The van der Waals surface area contributed by atoms with Gasteiger partial charge >= 0.3 is 0 Å². The molecule has 2 saturated heterocycles. The van der Waals surface area contributed by atoms with E-state index in [9.17, 15) is 14.4 Å². The molecule has 3 aliphatic heterocycles. The summed E-state index contributed by atoms with van der Waals surface area (Å²) in [5.41, 5.74) is 2.24. The zero-order chi connectivity index (χ0) is 25.5. The molecule has 3 unspecified atom stereocenters. The SMILES string of the molecule is CC1Cc2cc(C(=O)C3C(=O)C(=O)N(CCN4CCOCC4)C3c3cccc4ccccc34)ccc2O1. The number of Topliss-reactive ketones (excluding diaryl/α,β-unsaturated/α-hetero) is 2. The summed E-state index contributed by atoms with van der Waals surface area (Å²) in [5, 5.41) is 1.96. The number of hydrogen-bond donors (Lipinski definition) is 0. The Morgan fingerprint density at radius 1 is 0.973 bits per heavy atom. The van der Waals surface area contributed by atoms with Crippen molar-refractivity contribution in [1.29, 1.82) is 0 Å². The lowest BCUT2D eigenvalue weighted by Crippen LogP contribution is -2.43. The molecule has 0 aromatic heterocycles. The molecule has 0 saturated carbocycles. The third-order valence-corrected chi connectivity index (χ3v) is 7.77. The third kappa shape index (κ3) is 4.32. The van der Waals surface area contributed by atoms with Gasteiger partial charge in [-0.15, -0.1) is 0 Å². The Morgan fingerprint density at radius 3 is 2.59 bits per heavy atom. The molecular weight excluding hydrogens is 468 g/mol. The van der Waals surface area contributed by atoms with Crippen LogP contribution in [0, 0.1) is 5.92 Å². The largest absolute Gasteiger partial charge is 0.490 e. The van der Waals surface area contributed by atoms with Crippen molar-refractivity contribution >= 4 is 28.2 Å². The maximum absolute atomic E-state index is 14.0. The second-order valence-electron chi connectivity index (χ2n) is 10.1. The van der Waals surface area contributed by atoms with Crippen LogP contribution in [-0.2, 0) is 20.7 Å². The number of amides is 1. The monoisotopic (exact) mass is 498 g/mol. The molecule has 7 nitrogen and oxygen atoms in total. The van der Waals surface area contributed by atoms with Crippen LogP contribution in [0.15, 0.2) is 60.7 Å². The smallest absolute Gasteiger partial charge is 0.291 e. The summed E-state index contributed by atoms with van der Waals surface area (Å²) in [5.74, 6) is -1.85. The number of hydrogen-bond acceptors (Lipinski definition) is 6. The lowest BCUT2D eigenvalue weighted by Gasteiger charge is -2.32. The van der Waals surface area contributed by atoms with Gasteiger partial charge < -0.3 is 14.4 Å². The molecule has 190 valence electrons. The fourth-order valence-electron chi connectivity index (χ4n) is 5.91. The van der Waals surface area contributed by atoms with E-state index in [1.807, 2.05) is 55.5 Å². The molecule has 0 radical (unpaired) electrons. The minimum Gasteiger partial charge on any atom is -0.490 e. The molecule has 0 aliphatic carbocycles. The van der Waals surface area contributed by atoms with Crippen LogP contribution in [0.1, 0.15) is 34.5 Å². The Hall–Kier alpha value is -3.55. The van der Waals surface area contributed by atoms with Gasteiger partial charge in [-0.05, 0) is 47.0 Å². The fraction of sp³-hybridized carbons (Fsp3) is 0.367. The number of likely N-dealkylation sites (tertiary alicyclic amines) is 1. The normalized spacial score (nSPS) is 23.9. The number of fused-ring (bicyclic) bond motifs is 2. The van der Waals surface area contributed by atoms with E-state index in [0.29, 0.717) is 38.3 Å². The predicted octanol–water partition coefficient (Wildman–Crippen LogP) is 3.45. The molecule has 3 aliphatic rings. The molecule has 2 fully saturated rings. The van der Waals surface area contributed by atoms with Gasteiger partial charge in [0.15, 0.2) is 5.78 Å². The average Bonchev–Trinajstić information content (AvgIpc) is 3.42. The number of rotatable bonds is 6. The van der Waals surface area contributed by atoms with Crippen LogP contribution in [0.4, 0.5) is 0 Å². The van der Waals surface area contributed by atoms with Gasteiger partial charge in [-0.1, -0.05) is 42.5 Å². The highest BCUT2D eigenvalue weighted by atomic mass is 16.5. The van der Waals surface area contributed by atoms with E-state index in [-0.39, 0.29) is 11.9 Å². The van der Waals surface area contributed by atoms with Crippen LogP contribution in [-0.4, -0.2) is 72.8 Å². The molecule has 1 amide bonds. The number of ether oxygens (including phenoxy) is 2. The van der Waals surface area contributed by atoms with Crippen molar-refractivity contribution in [3.63, 3.8) is 0 Å². The van der Waals surface area contributed by atoms with Gasteiger partial charge in [0, 0.05) is 38.2 Å². The first-order chi connectivity index (χ1) is 18.0. The lowest BCUT2D eigenvalue weighted by molar-refractivity contribution is -0.141. The van der Waals surface area contributed by atoms with Crippen molar-refractivity contribution in [2.24, 2.45) is 5.92 Å². The van der Waals surface area contributed by atoms with Crippen molar-refractivity contribution in [1.82, 2.24) is 9.80 Å². The van der Waals surface area contributed by atoms with Crippen LogP contribution in [0.5, 0.6) is 5.75 Å². The molecule has 0 N–H and O–H groups in total. The molecule has 6 rings (SSSR count). The molecule has 3 heterocycles. The quantitative estimate of drug-likeness (QED) is 0.294. The summed E-state index contributed by atoms with van der Waals surface area (Å²) < 4.78 is 11.3. The summed E-state index contributed by atoms with van der Waals surface area (Å²) in [6.45, 7) is 5.86. The first kappa shape index (κ1) is 23.8. The van der Waals surface area contributed by atoms with E-state index in [2.05, 4.69) is 4.90 Å². The van der Waals surface area contributed by atoms with Crippen LogP contribution in [0.3, 0.4) is 0 Å². The van der Waals surface area contributed by atoms with Crippen molar-refractivity contribution in [2.75, 3.05) is 39.4 Å². The number of ketones is 2. The Kier molecular flexibility index (Phi) is 6.26. The van der Waals surface area contributed by atoms with E-state index in [1.54, 1.807) is 17.0 Å². The topological polar surface area (TPSA) is 76.2 Å². The van der Waals surface area contributed by atoms with E-state index >= 15 is 0 Å². The van der Waals surface area contributed by atoms with Gasteiger partial charge in [-0.3, -0.25) is 19.3 Å². The zero-order valence-corrected chi connectivity index (χ0v) is 20.9. The van der Waals surface area contributed by atoms with Gasteiger partial charge in [-0.25, -0.2) is 0 Å². The minimum absolute atomic E-state index is 0.0501. The maximum Gasteiger partial charge on any atom is 0.291 e. The number of carbonyl (C=O) groups excluding carboxylic acids is 3. The van der Waals surface area contributed by atoms with Gasteiger partial charge in [0.2, 0.25) is 5.78 Å². The highest BCUT2D eigenvalue weighted by Gasteiger charge is 2.52. The van der Waals surface area contributed by atoms with E-state index in [1.165, 1.54) is 0 Å². The number of nitrogens with zero attached hydrogens (tertiary/aromatic N) is 2. The second kappa shape index (κ2) is 9.72. The summed E-state index contributed by atoms with van der Waals surface area (Å²) in [4.78, 5) is 44.8. The van der Waals surface area contributed by atoms with Crippen molar-refractivity contribution in [3.8, 4) is 5.75 Å². The number of morpholine rings is 1. The van der Waals surface area contributed by atoms with Gasteiger partial charge in [0.05, 0.1) is 19.3 Å². The van der Waals surface area contributed by atoms with Crippen LogP contribution < -0.4 is 4.74 Å². The number of carbonyl (C=O) groups is 3. The summed E-state index contributed by atoms with van der Waals surface area (Å²) in [6.07, 6.45) is 0.765. The Bertz CT molecular complexity index is 1370. The fourth-order valence-corrected chi connectivity index (χ4v) is 5.91. The lowest BCUT2D eigenvalue weighted by atomic mass is 9.84. The first-order valence-electron chi connectivity index (χ1n) is 13.0. The summed E-state index contributed by atoms with van der Waals surface area (Å²) in [7, 11) is 0. The molecule has 3 aromatic rings. The van der Waals surface area contributed by atoms with Gasteiger partial charge in [0.25, 0.3) is 5.91 Å². The highest BCUT2D eigenvalue weighted by Crippen LogP contribution is 2.41. The molecule has 3 aromatic carbocycles. The number of benzene rings is 3. The Labute approximate surface area is 215 Å². The van der Waals surface area contributed by atoms with Crippen molar-refractivity contribution in [3.05, 3.63) is 77.4 Å². The van der Waals surface area contributed by atoms with Crippen LogP contribution in [0.25, 0.3) is 10.8 Å². The summed E-state index contributed by atoms with van der Waals surface area (Å²) >= 11 is 0. The molecule has 0 bridgehead atoms. The third-order valence-electron chi connectivity index (χ3n) is 7.77. The van der Waals surface area contributed by atoms with Crippen molar-refractivity contribution in [2.45, 2.75) is 25.5 Å². The molecular formula is C30H30N2O5. The Morgan fingerprint density at radius 2 is 1.76 bits per heavy atom. The predicted molar refractivity (Wildman–Crippen MR) is 139 cm³/mol. The van der Waals surface area contributed by atoms with E-state index in [0.717, 1.165) is 40.7 Å². The zero-order valence-electron chi connectivity index (χ0n) is 20.9. The average molecular weight is 499 g/mol. The van der Waals surface area contributed by atoms with Gasteiger partial charge in [-0.2, -0.15) is 0 Å². The summed E-state index contributed by atoms with van der Waals surface area (Å²) in [6, 6.07) is 18.5. The Balaban J connectivity index is 1.40. The van der Waals surface area contributed by atoms with E-state index < -0.39 is 23.7 Å². The second-order valence-corrected chi connectivity index (χ2v) is 10.1. The van der Waals surface area contributed by atoms with Crippen LogP contribution in [0.2, 0.25) is 0 Å². The molecule has 37 heavy (non-hydrogen) atoms.